The van der Waals surface area contributed by atoms with Crippen LogP contribution in [-0.4, -0.2) is 52.0 Å². The van der Waals surface area contributed by atoms with Gasteiger partial charge >= 0.3 is 6.18 Å². The van der Waals surface area contributed by atoms with Gasteiger partial charge < -0.3 is 15.2 Å². The summed E-state index contributed by atoms with van der Waals surface area (Å²) in [6.07, 6.45) is -4.47. The van der Waals surface area contributed by atoms with Crippen molar-refractivity contribution < 1.29 is 22.5 Å². The van der Waals surface area contributed by atoms with E-state index < -0.39 is 17.6 Å². The zero-order valence-electron chi connectivity index (χ0n) is 14.3. The van der Waals surface area contributed by atoms with E-state index in [1.165, 1.54) is 12.1 Å². The molecule has 1 aliphatic rings. The molecule has 1 amide bonds. The van der Waals surface area contributed by atoms with Crippen LogP contribution >= 0.6 is 12.4 Å². The first kappa shape index (κ1) is 21.1. The maximum absolute atomic E-state index is 12.8. The Morgan fingerprint density at radius 1 is 1.22 bits per heavy atom. The van der Waals surface area contributed by atoms with E-state index in [1.807, 2.05) is 4.90 Å². The number of hydrogen-bond acceptors (Lipinski definition) is 6. The summed E-state index contributed by atoms with van der Waals surface area (Å²) in [7, 11) is 0. The number of amides is 1. The molecule has 0 aliphatic carbocycles. The first-order valence-corrected chi connectivity index (χ1v) is 8.07. The van der Waals surface area contributed by atoms with Gasteiger partial charge in [0.25, 0.3) is 5.91 Å². The molecule has 1 aromatic carbocycles. The van der Waals surface area contributed by atoms with Gasteiger partial charge in [-0.2, -0.15) is 18.2 Å². The summed E-state index contributed by atoms with van der Waals surface area (Å²) in [6.45, 7) is 2.60. The van der Waals surface area contributed by atoms with Crippen LogP contribution in [0.25, 0.3) is 0 Å². The number of alkyl halides is 3. The first-order valence-electron chi connectivity index (χ1n) is 8.07. The SMILES string of the molecule is Cl.NCc1nc(CN2CCN(C(=O)c3cccc(C(F)(F)F)c3)CC2)no1. The topological polar surface area (TPSA) is 88.5 Å². The summed E-state index contributed by atoms with van der Waals surface area (Å²) in [4.78, 5) is 20.2. The molecule has 0 saturated carbocycles. The molecule has 2 N–H and O–H groups in total. The molecule has 3 rings (SSSR count). The van der Waals surface area contributed by atoms with Crippen molar-refractivity contribution in [1.29, 1.82) is 0 Å². The molecular formula is C16H19ClF3N5O2. The Morgan fingerprint density at radius 2 is 1.93 bits per heavy atom. The molecule has 0 spiro atoms. The highest BCUT2D eigenvalue weighted by molar-refractivity contribution is 5.94. The monoisotopic (exact) mass is 405 g/mol. The Hall–Kier alpha value is -2.17. The van der Waals surface area contributed by atoms with E-state index in [1.54, 1.807) is 4.90 Å². The summed E-state index contributed by atoms with van der Waals surface area (Å²) >= 11 is 0. The fourth-order valence-electron chi connectivity index (χ4n) is 2.76. The zero-order valence-corrected chi connectivity index (χ0v) is 15.1. The third-order valence-corrected chi connectivity index (χ3v) is 4.15. The fourth-order valence-corrected chi connectivity index (χ4v) is 2.76. The van der Waals surface area contributed by atoms with Crippen molar-refractivity contribution in [1.82, 2.24) is 19.9 Å². The second-order valence-electron chi connectivity index (χ2n) is 5.96. The number of piperazine rings is 1. The van der Waals surface area contributed by atoms with Crippen LogP contribution in [0.3, 0.4) is 0 Å². The molecule has 0 radical (unpaired) electrons. The molecule has 1 fully saturated rings. The van der Waals surface area contributed by atoms with Crippen LogP contribution < -0.4 is 5.73 Å². The highest BCUT2D eigenvalue weighted by atomic mass is 35.5. The van der Waals surface area contributed by atoms with Crippen molar-refractivity contribution in [3.63, 3.8) is 0 Å². The summed E-state index contributed by atoms with van der Waals surface area (Å²) in [5.41, 5.74) is 4.63. The van der Waals surface area contributed by atoms with E-state index in [2.05, 4.69) is 10.1 Å². The summed E-state index contributed by atoms with van der Waals surface area (Å²) < 4.78 is 43.3. The molecule has 0 atom stereocenters. The van der Waals surface area contributed by atoms with Gasteiger partial charge in [-0.25, -0.2) is 0 Å². The van der Waals surface area contributed by atoms with Gasteiger partial charge in [0.1, 0.15) is 0 Å². The largest absolute Gasteiger partial charge is 0.416 e. The first-order chi connectivity index (χ1) is 12.4. The van der Waals surface area contributed by atoms with Crippen LogP contribution in [0.15, 0.2) is 28.8 Å². The number of carbonyl (C=O) groups excluding carboxylic acids is 1. The molecule has 148 valence electrons. The Balaban J connectivity index is 0.00000261. The summed E-state index contributed by atoms with van der Waals surface area (Å²) in [5, 5.41) is 3.82. The van der Waals surface area contributed by atoms with Gasteiger partial charge in [0, 0.05) is 31.7 Å². The average Bonchev–Trinajstić information content (AvgIpc) is 3.09. The van der Waals surface area contributed by atoms with Crippen molar-refractivity contribution in [2.75, 3.05) is 26.2 Å². The Bertz CT molecular complexity index is 775. The number of halogens is 4. The van der Waals surface area contributed by atoms with Gasteiger partial charge in [0.15, 0.2) is 5.82 Å². The molecule has 27 heavy (non-hydrogen) atoms. The van der Waals surface area contributed by atoms with E-state index >= 15 is 0 Å². The van der Waals surface area contributed by atoms with Gasteiger partial charge in [-0.1, -0.05) is 11.2 Å². The lowest BCUT2D eigenvalue weighted by molar-refractivity contribution is -0.137. The van der Waals surface area contributed by atoms with E-state index in [0.29, 0.717) is 44.4 Å². The summed E-state index contributed by atoms with van der Waals surface area (Å²) in [5.74, 6) is 0.474. The van der Waals surface area contributed by atoms with Gasteiger partial charge in [-0.3, -0.25) is 9.69 Å². The van der Waals surface area contributed by atoms with Crippen LogP contribution in [-0.2, 0) is 19.3 Å². The molecular weight excluding hydrogens is 387 g/mol. The fraction of sp³-hybridized carbons (Fsp3) is 0.438. The Labute approximate surface area is 159 Å². The predicted octanol–water partition coefficient (Wildman–Crippen LogP) is 1.93. The molecule has 0 unspecified atom stereocenters. The number of hydrogen-bond donors (Lipinski definition) is 1. The number of rotatable bonds is 4. The number of benzene rings is 1. The van der Waals surface area contributed by atoms with Crippen LogP contribution in [0.4, 0.5) is 13.2 Å². The minimum absolute atomic E-state index is 0. The van der Waals surface area contributed by atoms with E-state index in [9.17, 15) is 18.0 Å². The van der Waals surface area contributed by atoms with Crippen molar-refractivity contribution in [2.24, 2.45) is 5.73 Å². The van der Waals surface area contributed by atoms with Crippen molar-refractivity contribution >= 4 is 18.3 Å². The van der Waals surface area contributed by atoms with Gasteiger partial charge in [-0.15, -0.1) is 12.4 Å². The highest BCUT2D eigenvalue weighted by Gasteiger charge is 2.31. The predicted molar refractivity (Wildman–Crippen MR) is 92.1 cm³/mol. The van der Waals surface area contributed by atoms with Crippen LogP contribution in [0.1, 0.15) is 27.6 Å². The minimum Gasteiger partial charge on any atom is -0.338 e. The van der Waals surface area contributed by atoms with Crippen molar-refractivity contribution in [3.8, 4) is 0 Å². The lowest BCUT2D eigenvalue weighted by Gasteiger charge is -2.34. The van der Waals surface area contributed by atoms with Gasteiger partial charge in [-0.05, 0) is 18.2 Å². The average molecular weight is 406 g/mol. The lowest BCUT2D eigenvalue weighted by Crippen LogP contribution is -2.48. The normalized spacial score (nSPS) is 15.5. The minimum atomic E-state index is -4.47. The third-order valence-electron chi connectivity index (χ3n) is 4.15. The van der Waals surface area contributed by atoms with E-state index in [0.717, 1.165) is 12.1 Å². The molecule has 2 aromatic rings. The quantitative estimate of drug-likeness (QED) is 0.836. The summed E-state index contributed by atoms with van der Waals surface area (Å²) in [6, 6.07) is 4.49. The maximum Gasteiger partial charge on any atom is 0.416 e. The second-order valence-corrected chi connectivity index (χ2v) is 5.96. The smallest absolute Gasteiger partial charge is 0.338 e. The van der Waals surface area contributed by atoms with E-state index in [-0.39, 0.29) is 24.5 Å². The second kappa shape index (κ2) is 8.68. The molecule has 1 saturated heterocycles. The lowest BCUT2D eigenvalue weighted by atomic mass is 10.1. The Morgan fingerprint density at radius 3 is 2.52 bits per heavy atom. The number of nitrogens with two attached hydrogens (primary N) is 1. The third kappa shape index (κ3) is 5.18. The standard InChI is InChI=1S/C16H18F3N5O2.ClH/c17-16(18,19)12-3-1-2-11(8-12)15(25)24-6-4-23(5-7-24)10-13-21-14(9-20)26-22-13;/h1-3,8H,4-7,9-10,20H2;1H. The highest BCUT2D eigenvalue weighted by Crippen LogP contribution is 2.29. The molecule has 0 bridgehead atoms. The van der Waals surface area contributed by atoms with Crippen LogP contribution in [0.5, 0.6) is 0 Å². The number of nitrogens with zero attached hydrogens (tertiary/aromatic N) is 4. The van der Waals surface area contributed by atoms with Gasteiger partial charge in [0.05, 0.1) is 18.7 Å². The van der Waals surface area contributed by atoms with Crippen molar-refractivity contribution in [3.05, 3.63) is 47.1 Å². The van der Waals surface area contributed by atoms with Crippen LogP contribution in [0, 0.1) is 0 Å². The molecule has 1 aromatic heterocycles. The molecule has 11 heteroatoms. The Kier molecular flexibility index (Phi) is 6.79. The molecule has 7 nitrogen and oxygen atoms in total. The van der Waals surface area contributed by atoms with Crippen molar-refractivity contribution in [2.45, 2.75) is 19.3 Å². The van der Waals surface area contributed by atoms with Crippen LogP contribution in [0.2, 0.25) is 0 Å². The number of carbonyl (C=O) groups is 1. The van der Waals surface area contributed by atoms with E-state index in [4.69, 9.17) is 10.3 Å². The zero-order chi connectivity index (χ0) is 18.7. The molecule has 2 heterocycles. The van der Waals surface area contributed by atoms with Gasteiger partial charge in [0.2, 0.25) is 5.89 Å². The number of aromatic nitrogens is 2. The maximum atomic E-state index is 12.8. The molecule has 1 aliphatic heterocycles.